The van der Waals surface area contributed by atoms with Gasteiger partial charge in [0.2, 0.25) is 10.0 Å². The summed E-state index contributed by atoms with van der Waals surface area (Å²) >= 11 is 0. The second-order valence-corrected chi connectivity index (χ2v) is 12.0. The molecule has 2 atom stereocenters. The van der Waals surface area contributed by atoms with Crippen LogP contribution in [0.1, 0.15) is 84.6 Å². The molecule has 6 heteroatoms. The molecule has 35 heavy (non-hydrogen) atoms. The van der Waals surface area contributed by atoms with E-state index in [0.29, 0.717) is 35.6 Å². The highest BCUT2D eigenvalue weighted by Crippen LogP contribution is 2.43. The number of hydrogen-bond donors (Lipinski definition) is 1. The number of nitrogens with one attached hydrogen (secondary N) is 1. The maximum atomic E-state index is 14.0. The lowest BCUT2D eigenvalue weighted by Gasteiger charge is -2.30. The second-order valence-electron chi connectivity index (χ2n) is 10.0. The minimum atomic E-state index is -3.65. The Balaban J connectivity index is 1.90. The molecule has 0 saturated heterocycles. The van der Waals surface area contributed by atoms with E-state index in [-0.39, 0.29) is 0 Å². The number of nitrogens with zero attached hydrogens (tertiary/aromatic N) is 1. The van der Waals surface area contributed by atoms with Crippen LogP contribution in [-0.2, 0) is 10.0 Å². The van der Waals surface area contributed by atoms with Gasteiger partial charge in [-0.3, -0.25) is 0 Å². The summed E-state index contributed by atoms with van der Waals surface area (Å²) in [7, 11) is -3.65. The van der Waals surface area contributed by atoms with Crippen LogP contribution in [0.4, 0.5) is 11.4 Å². The Hall–Kier alpha value is -2.05. The van der Waals surface area contributed by atoms with Gasteiger partial charge < -0.3 is 10.1 Å². The summed E-state index contributed by atoms with van der Waals surface area (Å²) < 4.78 is 36.0. The number of unbranched alkanes of at least 4 members (excludes halogenated alkanes) is 2. The minimum Gasteiger partial charge on any atom is -0.453 e. The van der Waals surface area contributed by atoms with Crippen LogP contribution in [0.5, 0.6) is 11.5 Å². The SMILES string of the molecule is CCCCC(CC)CN(CC(CC)CCCC)S(=O)(=O)c1ccc2c(c1)Oc1cc(C)ccc1N2. The number of anilines is 2. The van der Waals surface area contributed by atoms with Crippen molar-refractivity contribution in [3.8, 4) is 11.5 Å². The summed E-state index contributed by atoms with van der Waals surface area (Å²) in [6.07, 6.45) is 8.65. The number of benzene rings is 2. The Morgan fingerprint density at radius 1 is 0.829 bits per heavy atom. The van der Waals surface area contributed by atoms with Crippen molar-refractivity contribution in [1.82, 2.24) is 4.31 Å². The number of hydrogen-bond acceptors (Lipinski definition) is 4. The highest BCUT2D eigenvalue weighted by Gasteiger charge is 2.30. The van der Waals surface area contributed by atoms with Gasteiger partial charge in [0.25, 0.3) is 0 Å². The van der Waals surface area contributed by atoms with E-state index in [2.05, 4.69) is 33.0 Å². The Labute approximate surface area is 213 Å². The molecule has 2 aromatic carbocycles. The topological polar surface area (TPSA) is 58.6 Å². The number of sulfonamides is 1. The maximum Gasteiger partial charge on any atom is 0.243 e. The monoisotopic (exact) mass is 500 g/mol. The molecule has 0 fully saturated rings. The number of ether oxygens (including phenoxy) is 1. The Kier molecular flexibility index (Phi) is 10.0. The van der Waals surface area contributed by atoms with Crippen LogP contribution in [0, 0.1) is 18.8 Å². The first-order valence-corrected chi connectivity index (χ1v) is 15.0. The van der Waals surface area contributed by atoms with Crippen molar-refractivity contribution < 1.29 is 13.2 Å². The van der Waals surface area contributed by atoms with Gasteiger partial charge in [0.15, 0.2) is 11.5 Å². The van der Waals surface area contributed by atoms with Gasteiger partial charge in [0.05, 0.1) is 16.3 Å². The lowest BCUT2D eigenvalue weighted by atomic mass is 9.97. The fraction of sp³-hybridized carbons (Fsp3) is 0.586. The summed E-state index contributed by atoms with van der Waals surface area (Å²) in [5, 5.41) is 3.37. The Morgan fingerprint density at radius 3 is 1.91 bits per heavy atom. The lowest BCUT2D eigenvalue weighted by molar-refractivity contribution is 0.270. The normalized spacial score (nSPS) is 14.6. The van der Waals surface area contributed by atoms with E-state index in [0.717, 1.165) is 74.1 Å². The van der Waals surface area contributed by atoms with Gasteiger partial charge in [-0.15, -0.1) is 0 Å². The van der Waals surface area contributed by atoms with Crippen molar-refractivity contribution in [3.05, 3.63) is 42.0 Å². The van der Waals surface area contributed by atoms with Crippen LogP contribution in [0.25, 0.3) is 0 Å². The first kappa shape index (κ1) is 27.5. The summed E-state index contributed by atoms with van der Waals surface area (Å²) in [5.41, 5.74) is 2.78. The van der Waals surface area contributed by atoms with E-state index in [9.17, 15) is 8.42 Å². The van der Waals surface area contributed by atoms with Gasteiger partial charge in [-0.2, -0.15) is 4.31 Å². The molecule has 1 aliphatic rings. The number of rotatable bonds is 14. The molecule has 0 bridgehead atoms. The molecule has 1 heterocycles. The van der Waals surface area contributed by atoms with Gasteiger partial charge in [-0.05, 0) is 61.4 Å². The molecule has 0 spiro atoms. The molecule has 3 rings (SSSR count). The van der Waals surface area contributed by atoms with E-state index < -0.39 is 10.0 Å². The summed E-state index contributed by atoms with van der Waals surface area (Å²) in [5.74, 6) is 2.03. The predicted octanol–water partition coefficient (Wildman–Crippen LogP) is 8.27. The van der Waals surface area contributed by atoms with Gasteiger partial charge in [0.1, 0.15) is 0 Å². The van der Waals surface area contributed by atoms with Gasteiger partial charge in [0, 0.05) is 19.2 Å². The standard InChI is InChI=1S/C29H44N2O3S/c1-6-10-12-23(8-3)20-31(21-24(9-4)13-11-7-2)35(32,33)25-15-17-27-29(19-25)34-28-18-22(5)14-16-26(28)30-27/h14-19,23-24,30H,6-13,20-21H2,1-5H3. The van der Waals surface area contributed by atoms with Crippen molar-refractivity contribution in [2.75, 3.05) is 18.4 Å². The fourth-order valence-corrected chi connectivity index (χ4v) is 6.37. The average Bonchev–Trinajstić information content (AvgIpc) is 2.86. The quantitative estimate of drug-likeness (QED) is 0.242. The van der Waals surface area contributed by atoms with Gasteiger partial charge in [-0.25, -0.2) is 8.42 Å². The minimum absolute atomic E-state index is 0.310. The molecular formula is C29H44N2O3S. The third-order valence-electron chi connectivity index (χ3n) is 7.23. The van der Waals surface area contributed by atoms with Crippen molar-refractivity contribution in [1.29, 1.82) is 0 Å². The van der Waals surface area contributed by atoms with Gasteiger partial charge in [-0.1, -0.05) is 72.3 Å². The van der Waals surface area contributed by atoms with Crippen molar-refractivity contribution >= 4 is 21.4 Å². The Bertz CT molecular complexity index is 1050. The van der Waals surface area contributed by atoms with Crippen LogP contribution in [0.15, 0.2) is 41.3 Å². The van der Waals surface area contributed by atoms with Crippen molar-refractivity contribution in [2.24, 2.45) is 11.8 Å². The molecule has 0 aromatic heterocycles. The van der Waals surface area contributed by atoms with E-state index in [1.54, 1.807) is 16.4 Å². The smallest absolute Gasteiger partial charge is 0.243 e. The molecule has 2 unspecified atom stereocenters. The summed E-state index contributed by atoms with van der Waals surface area (Å²) in [6.45, 7) is 11.9. The largest absolute Gasteiger partial charge is 0.453 e. The molecule has 2 aromatic rings. The molecular weight excluding hydrogens is 456 g/mol. The fourth-order valence-electron chi connectivity index (χ4n) is 4.76. The average molecular weight is 501 g/mol. The van der Waals surface area contributed by atoms with E-state index in [1.807, 2.05) is 31.2 Å². The predicted molar refractivity (Wildman–Crippen MR) is 146 cm³/mol. The summed E-state index contributed by atoms with van der Waals surface area (Å²) in [4.78, 5) is 0.310. The Morgan fingerprint density at radius 2 is 1.37 bits per heavy atom. The third-order valence-corrected chi connectivity index (χ3v) is 9.06. The first-order valence-electron chi connectivity index (χ1n) is 13.5. The van der Waals surface area contributed by atoms with Crippen LogP contribution >= 0.6 is 0 Å². The van der Waals surface area contributed by atoms with E-state index >= 15 is 0 Å². The molecule has 0 saturated carbocycles. The van der Waals surface area contributed by atoms with Crippen LogP contribution in [0.2, 0.25) is 0 Å². The van der Waals surface area contributed by atoms with E-state index in [4.69, 9.17) is 4.74 Å². The molecule has 5 nitrogen and oxygen atoms in total. The maximum absolute atomic E-state index is 14.0. The highest BCUT2D eigenvalue weighted by atomic mass is 32.2. The van der Waals surface area contributed by atoms with Gasteiger partial charge >= 0.3 is 0 Å². The zero-order valence-corrected chi connectivity index (χ0v) is 23.1. The van der Waals surface area contributed by atoms with Crippen molar-refractivity contribution in [2.45, 2.75) is 90.9 Å². The number of fused-ring (bicyclic) bond motifs is 2. The number of aryl methyl sites for hydroxylation is 1. The van der Waals surface area contributed by atoms with Crippen LogP contribution in [0.3, 0.4) is 0 Å². The molecule has 194 valence electrons. The molecule has 0 amide bonds. The molecule has 0 radical (unpaired) electrons. The van der Waals surface area contributed by atoms with Crippen molar-refractivity contribution in [3.63, 3.8) is 0 Å². The molecule has 1 aliphatic heterocycles. The van der Waals surface area contributed by atoms with Crippen LogP contribution < -0.4 is 10.1 Å². The zero-order valence-electron chi connectivity index (χ0n) is 22.3. The zero-order chi connectivity index (χ0) is 25.4. The molecule has 1 N–H and O–H groups in total. The molecule has 0 aliphatic carbocycles. The summed E-state index contributed by atoms with van der Waals surface area (Å²) in [6, 6.07) is 11.2. The first-order chi connectivity index (χ1) is 16.8. The third kappa shape index (κ3) is 7.01. The van der Waals surface area contributed by atoms with Crippen LogP contribution in [-0.4, -0.2) is 25.8 Å². The lowest BCUT2D eigenvalue weighted by Crippen LogP contribution is -2.39. The second kappa shape index (κ2) is 12.8. The van der Waals surface area contributed by atoms with E-state index in [1.165, 1.54) is 0 Å². The highest BCUT2D eigenvalue weighted by molar-refractivity contribution is 7.89.